The molecule has 0 unspecified atom stereocenters. The Morgan fingerprint density at radius 3 is 2.19 bits per heavy atom. The number of rotatable bonds is 6. The molecule has 0 saturated heterocycles. The summed E-state index contributed by atoms with van der Waals surface area (Å²) in [6.07, 6.45) is 3.03. The summed E-state index contributed by atoms with van der Waals surface area (Å²) in [6.45, 7) is 0. The van der Waals surface area contributed by atoms with Gasteiger partial charge >= 0.3 is 0 Å². The molecule has 0 spiro atoms. The highest BCUT2D eigenvalue weighted by molar-refractivity contribution is 7.89. The Morgan fingerprint density at radius 1 is 1.00 bits per heavy atom. The van der Waals surface area contributed by atoms with E-state index in [9.17, 15) is 18.0 Å². The van der Waals surface area contributed by atoms with Crippen molar-refractivity contribution in [1.29, 1.82) is 0 Å². The minimum atomic E-state index is -3.11. The molecule has 1 saturated carbocycles. The van der Waals surface area contributed by atoms with E-state index in [1.165, 1.54) is 6.26 Å². The van der Waals surface area contributed by atoms with Gasteiger partial charge in [0.2, 0.25) is 5.91 Å². The molecule has 0 aromatic heterocycles. The van der Waals surface area contributed by atoms with E-state index in [0.29, 0.717) is 22.5 Å². The molecular weight excluding hydrogens is 352 g/mol. The first-order chi connectivity index (χ1) is 12.3. The van der Waals surface area contributed by atoms with Gasteiger partial charge in [0.05, 0.1) is 5.75 Å². The van der Waals surface area contributed by atoms with Crippen molar-refractivity contribution >= 4 is 33.0 Å². The van der Waals surface area contributed by atoms with Crippen molar-refractivity contribution in [3.8, 4) is 0 Å². The molecule has 0 aliphatic heterocycles. The predicted octanol–water partition coefficient (Wildman–Crippen LogP) is 2.83. The maximum atomic E-state index is 12.3. The zero-order chi connectivity index (χ0) is 18.7. The first-order valence-electron chi connectivity index (χ1n) is 8.29. The van der Waals surface area contributed by atoms with Crippen LogP contribution in [0.5, 0.6) is 0 Å². The lowest BCUT2D eigenvalue weighted by atomic mass is 10.1. The Morgan fingerprint density at radius 2 is 1.62 bits per heavy atom. The Balaban J connectivity index is 1.64. The molecular formula is C19H20N2O4S. The number of amides is 2. The fourth-order valence-electron chi connectivity index (χ4n) is 2.52. The van der Waals surface area contributed by atoms with Gasteiger partial charge in [-0.25, -0.2) is 8.42 Å². The average Bonchev–Trinajstić information content (AvgIpc) is 3.39. The summed E-state index contributed by atoms with van der Waals surface area (Å²) in [5, 5.41) is 5.62. The summed E-state index contributed by atoms with van der Waals surface area (Å²) in [4.78, 5) is 24.2. The molecule has 0 atom stereocenters. The van der Waals surface area contributed by atoms with Crippen LogP contribution in [0.2, 0.25) is 0 Å². The zero-order valence-corrected chi connectivity index (χ0v) is 15.2. The molecule has 0 bridgehead atoms. The predicted molar refractivity (Wildman–Crippen MR) is 101 cm³/mol. The highest BCUT2D eigenvalue weighted by Gasteiger charge is 2.29. The van der Waals surface area contributed by atoms with Crippen LogP contribution in [0, 0.1) is 5.92 Å². The van der Waals surface area contributed by atoms with Crippen molar-refractivity contribution in [2.24, 2.45) is 5.92 Å². The number of benzene rings is 2. The fourth-order valence-corrected chi connectivity index (χ4v) is 3.32. The van der Waals surface area contributed by atoms with E-state index in [-0.39, 0.29) is 23.5 Å². The van der Waals surface area contributed by atoms with Gasteiger partial charge < -0.3 is 10.6 Å². The third-order valence-electron chi connectivity index (χ3n) is 3.98. The maximum absolute atomic E-state index is 12.3. The lowest BCUT2D eigenvalue weighted by Gasteiger charge is -2.09. The number of carbonyl (C=O) groups is 2. The smallest absolute Gasteiger partial charge is 0.255 e. The van der Waals surface area contributed by atoms with Crippen molar-refractivity contribution in [2.75, 3.05) is 16.9 Å². The van der Waals surface area contributed by atoms with Crippen LogP contribution in [0.1, 0.15) is 28.8 Å². The maximum Gasteiger partial charge on any atom is 0.255 e. The molecule has 136 valence electrons. The van der Waals surface area contributed by atoms with Crippen LogP contribution in [-0.4, -0.2) is 26.5 Å². The molecule has 2 aromatic rings. The molecule has 0 heterocycles. The third kappa shape index (κ3) is 5.16. The van der Waals surface area contributed by atoms with Gasteiger partial charge in [-0.3, -0.25) is 9.59 Å². The van der Waals surface area contributed by atoms with E-state index in [1.807, 2.05) is 0 Å². The first kappa shape index (κ1) is 18.1. The molecule has 1 aliphatic carbocycles. The molecule has 0 radical (unpaired) electrons. The van der Waals surface area contributed by atoms with E-state index in [4.69, 9.17) is 0 Å². The van der Waals surface area contributed by atoms with Crippen molar-refractivity contribution in [2.45, 2.75) is 18.6 Å². The molecule has 6 nitrogen and oxygen atoms in total. The van der Waals surface area contributed by atoms with E-state index in [2.05, 4.69) is 10.6 Å². The Bertz CT molecular complexity index is 932. The summed E-state index contributed by atoms with van der Waals surface area (Å²) >= 11 is 0. The lowest BCUT2D eigenvalue weighted by molar-refractivity contribution is -0.117. The molecule has 26 heavy (non-hydrogen) atoms. The minimum Gasteiger partial charge on any atom is -0.326 e. The molecule has 1 fully saturated rings. The molecule has 2 aromatic carbocycles. The second kappa shape index (κ2) is 7.29. The van der Waals surface area contributed by atoms with Gasteiger partial charge in [-0.1, -0.05) is 18.2 Å². The van der Waals surface area contributed by atoms with Crippen LogP contribution in [0.3, 0.4) is 0 Å². The van der Waals surface area contributed by atoms with Gasteiger partial charge in [0.15, 0.2) is 9.84 Å². The second-order valence-corrected chi connectivity index (χ2v) is 8.71. The first-order valence-corrected chi connectivity index (χ1v) is 10.4. The van der Waals surface area contributed by atoms with Gasteiger partial charge in [0.1, 0.15) is 0 Å². The fraction of sp³-hybridized carbons (Fsp3) is 0.263. The van der Waals surface area contributed by atoms with E-state index >= 15 is 0 Å². The van der Waals surface area contributed by atoms with Gasteiger partial charge in [-0.15, -0.1) is 0 Å². The minimum absolute atomic E-state index is 0.00921. The molecule has 2 N–H and O–H groups in total. The van der Waals surface area contributed by atoms with Gasteiger partial charge in [0, 0.05) is 29.1 Å². The zero-order valence-electron chi connectivity index (χ0n) is 14.4. The van der Waals surface area contributed by atoms with Crippen LogP contribution in [0.25, 0.3) is 0 Å². The summed E-state index contributed by atoms with van der Waals surface area (Å²) in [5.41, 5.74) is 2.27. The molecule has 2 amide bonds. The Labute approximate surface area is 152 Å². The quantitative estimate of drug-likeness (QED) is 0.815. The SMILES string of the molecule is CS(=O)(=O)Cc1ccc(C(=O)Nc2cccc(NC(=O)C3CC3)c2)cc1. The average molecular weight is 372 g/mol. The topological polar surface area (TPSA) is 92.3 Å². The molecule has 3 rings (SSSR count). The van der Waals surface area contributed by atoms with Gasteiger partial charge in [-0.05, 0) is 48.7 Å². The van der Waals surface area contributed by atoms with Crippen molar-refractivity contribution in [3.63, 3.8) is 0 Å². The van der Waals surface area contributed by atoms with E-state index in [1.54, 1.807) is 48.5 Å². The Kier molecular flexibility index (Phi) is 5.08. The summed E-state index contributed by atoms with van der Waals surface area (Å²) < 4.78 is 22.6. The molecule has 1 aliphatic rings. The third-order valence-corrected chi connectivity index (χ3v) is 4.84. The number of carbonyl (C=O) groups excluding carboxylic acids is 2. The van der Waals surface area contributed by atoms with Gasteiger partial charge in [-0.2, -0.15) is 0 Å². The standard InChI is InChI=1S/C19H20N2O4S/c1-26(24,25)12-13-5-7-14(8-6-13)18(22)20-16-3-2-4-17(11-16)21-19(23)15-9-10-15/h2-8,11,15H,9-10,12H2,1H3,(H,20,22)(H,21,23). The highest BCUT2D eigenvalue weighted by atomic mass is 32.2. The van der Waals surface area contributed by atoms with Gasteiger partial charge in [0.25, 0.3) is 5.91 Å². The van der Waals surface area contributed by atoms with Crippen LogP contribution < -0.4 is 10.6 Å². The highest BCUT2D eigenvalue weighted by Crippen LogP contribution is 2.30. The monoisotopic (exact) mass is 372 g/mol. The largest absolute Gasteiger partial charge is 0.326 e. The van der Waals surface area contributed by atoms with E-state index in [0.717, 1.165) is 12.8 Å². The summed E-state index contributed by atoms with van der Waals surface area (Å²) in [7, 11) is -3.11. The number of sulfone groups is 1. The number of hydrogen-bond acceptors (Lipinski definition) is 4. The van der Waals surface area contributed by atoms with Crippen molar-refractivity contribution in [3.05, 3.63) is 59.7 Å². The summed E-state index contributed by atoms with van der Waals surface area (Å²) in [5.74, 6) is -0.243. The number of anilines is 2. The Hall–Kier alpha value is -2.67. The number of nitrogens with one attached hydrogen (secondary N) is 2. The normalized spacial score (nSPS) is 13.9. The second-order valence-electron chi connectivity index (χ2n) is 6.57. The summed E-state index contributed by atoms with van der Waals surface area (Å²) in [6, 6.07) is 13.4. The van der Waals surface area contributed by atoms with Crippen LogP contribution in [-0.2, 0) is 20.4 Å². The lowest BCUT2D eigenvalue weighted by Crippen LogP contribution is -2.14. The van der Waals surface area contributed by atoms with Crippen molar-refractivity contribution < 1.29 is 18.0 Å². The van der Waals surface area contributed by atoms with Crippen LogP contribution in [0.15, 0.2) is 48.5 Å². The van der Waals surface area contributed by atoms with Crippen LogP contribution >= 0.6 is 0 Å². The molecule has 7 heteroatoms. The number of hydrogen-bond donors (Lipinski definition) is 2. The van der Waals surface area contributed by atoms with Crippen LogP contribution in [0.4, 0.5) is 11.4 Å². The van der Waals surface area contributed by atoms with E-state index < -0.39 is 9.84 Å². The van der Waals surface area contributed by atoms with Crippen molar-refractivity contribution in [1.82, 2.24) is 0 Å².